The summed E-state index contributed by atoms with van der Waals surface area (Å²) in [5.41, 5.74) is 6.57. The van der Waals surface area contributed by atoms with Crippen LogP contribution in [0.4, 0.5) is 5.69 Å². The molecule has 0 spiro atoms. The van der Waals surface area contributed by atoms with Crippen LogP contribution in [0.5, 0.6) is 0 Å². The fourth-order valence-corrected chi connectivity index (χ4v) is 3.47. The van der Waals surface area contributed by atoms with Gasteiger partial charge in [0.15, 0.2) is 0 Å². The van der Waals surface area contributed by atoms with E-state index in [4.69, 9.17) is 5.73 Å². The van der Waals surface area contributed by atoms with Gasteiger partial charge < -0.3 is 15.7 Å². The summed E-state index contributed by atoms with van der Waals surface area (Å²) in [5, 5.41) is 10.5. The first-order valence-corrected chi connectivity index (χ1v) is 7.08. The Morgan fingerprint density at radius 1 is 1.58 bits per heavy atom. The van der Waals surface area contributed by atoms with Crippen LogP contribution in [0.1, 0.15) is 22.5 Å². The number of carbonyl (C=O) groups excluding carboxylic acids is 1. The van der Waals surface area contributed by atoms with Crippen LogP contribution in [0.25, 0.3) is 10.1 Å². The Hall–Kier alpha value is -1.66. The number of amides is 1. The molecular weight excluding hydrogens is 262 g/mol. The summed E-state index contributed by atoms with van der Waals surface area (Å²) in [6.07, 6.45) is 4.56. The first kappa shape index (κ1) is 12.4. The number of nitrogens with two attached hydrogens (primary N) is 1. The second-order valence-corrected chi connectivity index (χ2v) is 5.82. The standard InChI is InChI=1S/C13H15N3O2S/c14-11-9-3-4-15-6-10(9)19-12(11)13(18)16-5-1-2-8(17)7-16/h3-4,6,8,17H,1-2,5,7,14H2. The van der Waals surface area contributed by atoms with Gasteiger partial charge in [-0.05, 0) is 18.9 Å². The Bertz CT molecular complexity index is 625. The predicted molar refractivity (Wildman–Crippen MR) is 75.2 cm³/mol. The van der Waals surface area contributed by atoms with Gasteiger partial charge in [0.25, 0.3) is 5.91 Å². The predicted octanol–water partition coefficient (Wildman–Crippen LogP) is 1.48. The van der Waals surface area contributed by atoms with Crippen LogP contribution in [-0.4, -0.2) is 40.1 Å². The molecule has 2 aromatic heterocycles. The van der Waals surface area contributed by atoms with Gasteiger partial charge in [0.2, 0.25) is 0 Å². The topological polar surface area (TPSA) is 79.5 Å². The molecule has 0 radical (unpaired) electrons. The van der Waals surface area contributed by atoms with Crippen molar-refractivity contribution in [2.75, 3.05) is 18.8 Å². The molecule has 2 aromatic rings. The molecule has 3 rings (SSSR count). The summed E-state index contributed by atoms with van der Waals surface area (Å²) in [6, 6.07) is 1.82. The molecule has 1 unspecified atom stereocenters. The fraction of sp³-hybridized carbons (Fsp3) is 0.385. The van der Waals surface area contributed by atoms with Crippen LogP contribution in [-0.2, 0) is 0 Å². The van der Waals surface area contributed by atoms with E-state index >= 15 is 0 Å². The maximum absolute atomic E-state index is 12.5. The Morgan fingerprint density at radius 3 is 3.16 bits per heavy atom. The summed E-state index contributed by atoms with van der Waals surface area (Å²) < 4.78 is 0.918. The average Bonchev–Trinajstić information content (AvgIpc) is 2.76. The number of aliphatic hydroxyl groups is 1. The number of rotatable bonds is 1. The molecule has 1 aliphatic rings. The number of nitrogens with zero attached hydrogens (tertiary/aromatic N) is 2. The van der Waals surface area contributed by atoms with Crippen molar-refractivity contribution in [3.05, 3.63) is 23.3 Å². The number of hydrogen-bond acceptors (Lipinski definition) is 5. The van der Waals surface area contributed by atoms with E-state index in [0.717, 1.165) is 22.9 Å². The maximum atomic E-state index is 12.5. The van der Waals surface area contributed by atoms with Crippen molar-refractivity contribution in [3.63, 3.8) is 0 Å². The normalized spacial score (nSPS) is 19.8. The van der Waals surface area contributed by atoms with Crippen molar-refractivity contribution in [1.82, 2.24) is 9.88 Å². The monoisotopic (exact) mass is 277 g/mol. The third kappa shape index (κ3) is 2.17. The summed E-state index contributed by atoms with van der Waals surface area (Å²) >= 11 is 1.37. The third-order valence-corrected chi connectivity index (χ3v) is 4.55. The summed E-state index contributed by atoms with van der Waals surface area (Å²) in [6.45, 7) is 1.08. The lowest BCUT2D eigenvalue weighted by Crippen LogP contribution is -2.42. The smallest absolute Gasteiger partial charge is 0.266 e. The van der Waals surface area contributed by atoms with E-state index in [1.807, 2.05) is 6.07 Å². The molecule has 5 nitrogen and oxygen atoms in total. The molecule has 1 atom stereocenters. The highest BCUT2D eigenvalue weighted by Gasteiger charge is 2.26. The molecule has 1 aliphatic heterocycles. The zero-order valence-corrected chi connectivity index (χ0v) is 11.2. The zero-order valence-electron chi connectivity index (χ0n) is 10.4. The molecule has 3 N–H and O–H groups in total. The van der Waals surface area contributed by atoms with E-state index in [2.05, 4.69) is 4.98 Å². The Kier molecular flexibility index (Phi) is 3.12. The van der Waals surface area contributed by atoms with Crippen LogP contribution in [0, 0.1) is 0 Å². The lowest BCUT2D eigenvalue weighted by atomic mass is 10.1. The van der Waals surface area contributed by atoms with E-state index in [0.29, 0.717) is 23.7 Å². The zero-order chi connectivity index (χ0) is 13.4. The second kappa shape index (κ2) is 4.79. The number of aromatic nitrogens is 1. The van der Waals surface area contributed by atoms with Gasteiger partial charge in [-0.25, -0.2) is 0 Å². The van der Waals surface area contributed by atoms with Gasteiger partial charge in [-0.2, -0.15) is 0 Å². The van der Waals surface area contributed by atoms with Crippen LogP contribution in [0.3, 0.4) is 0 Å². The number of hydrogen-bond donors (Lipinski definition) is 2. The number of piperidine rings is 1. The van der Waals surface area contributed by atoms with Crippen LogP contribution >= 0.6 is 11.3 Å². The summed E-state index contributed by atoms with van der Waals surface area (Å²) in [5.74, 6) is -0.0857. The summed E-state index contributed by atoms with van der Waals surface area (Å²) in [4.78, 5) is 18.7. The minimum absolute atomic E-state index is 0.0857. The highest BCUT2D eigenvalue weighted by molar-refractivity contribution is 7.21. The van der Waals surface area contributed by atoms with Crippen LogP contribution < -0.4 is 5.73 Å². The van der Waals surface area contributed by atoms with E-state index in [1.54, 1.807) is 17.3 Å². The van der Waals surface area contributed by atoms with Gasteiger partial charge in [0, 0.05) is 30.9 Å². The minimum Gasteiger partial charge on any atom is -0.397 e. The Morgan fingerprint density at radius 2 is 2.42 bits per heavy atom. The molecule has 0 saturated carbocycles. The first-order chi connectivity index (χ1) is 9.16. The quantitative estimate of drug-likeness (QED) is 0.827. The molecule has 0 aliphatic carbocycles. The van der Waals surface area contributed by atoms with Crippen molar-refractivity contribution < 1.29 is 9.90 Å². The number of fused-ring (bicyclic) bond motifs is 1. The molecule has 1 saturated heterocycles. The average molecular weight is 277 g/mol. The maximum Gasteiger partial charge on any atom is 0.266 e. The number of nitrogen functional groups attached to an aromatic ring is 1. The largest absolute Gasteiger partial charge is 0.397 e. The lowest BCUT2D eigenvalue weighted by molar-refractivity contribution is 0.0478. The molecular formula is C13H15N3O2S. The van der Waals surface area contributed by atoms with Gasteiger partial charge in [0.1, 0.15) is 4.88 Å². The van der Waals surface area contributed by atoms with Crippen molar-refractivity contribution in [2.24, 2.45) is 0 Å². The van der Waals surface area contributed by atoms with Gasteiger partial charge in [0.05, 0.1) is 16.5 Å². The van der Waals surface area contributed by atoms with Crippen molar-refractivity contribution in [1.29, 1.82) is 0 Å². The Balaban J connectivity index is 1.95. The number of likely N-dealkylation sites (tertiary alicyclic amines) is 1. The molecule has 100 valence electrons. The fourth-order valence-electron chi connectivity index (χ4n) is 2.41. The van der Waals surface area contributed by atoms with E-state index in [9.17, 15) is 9.90 Å². The molecule has 0 aromatic carbocycles. The molecule has 3 heterocycles. The number of anilines is 1. The minimum atomic E-state index is -0.421. The Labute approximate surface area is 114 Å². The number of thiophene rings is 1. The number of β-amino-alcohol motifs (C(OH)–C–C–N with tert-alkyl or cyclic N) is 1. The number of carbonyl (C=O) groups is 1. The highest BCUT2D eigenvalue weighted by Crippen LogP contribution is 2.34. The molecule has 19 heavy (non-hydrogen) atoms. The van der Waals surface area contributed by atoms with Gasteiger partial charge in [-0.15, -0.1) is 11.3 Å². The highest BCUT2D eigenvalue weighted by atomic mass is 32.1. The van der Waals surface area contributed by atoms with Crippen molar-refractivity contribution in [3.8, 4) is 0 Å². The number of aliphatic hydroxyl groups excluding tert-OH is 1. The van der Waals surface area contributed by atoms with Gasteiger partial charge >= 0.3 is 0 Å². The van der Waals surface area contributed by atoms with E-state index in [1.165, 1.54) is 11.3 Å². The van der Waals surface area contributed by atoms with Crippen LogP contribution in [0.15, 0.2) is 18.5 Å². The molecule has 1 fully saturated rings. The number of pyridine rings is 1. The van der Waals surface area contributed by atoms with Gasteiger partial charge in [-0.3, -0.25) is 9.78 Å². The van der Waals surface area contributed by atoms with E-state index < -0.39 is 6.10 Å². The first-order valence-electron chi connectivity index (χ1n) is 6.26. The molecule has 0 bridgehead atoms. The van der Waals surface area contributed by atoms with Crippen molar-refractivity contribution >= 4 is 33.0 Å². The lowest BCUT2D eigenvalue weighted by Gasteiger charge is -2.29. The summed E-state index contributed by atoms with van der Waals surface area (Å²) in [7, 11) is 0. The van der Waals surface area contributed by atoms with Crippen LogP contribution in [0.2, 0.25) is 0 Å². The molecule has 6 heteroatoms. The molecule has 1 amide bonds. The van der Waals surface area contributed by atoms with Crippen molar-refractivity contribution in [2.45, 2.75) is 18.9 Å². The van der Waals surface area contributed by atoms with Gasteiger partial charge in [-0.1, -0.05) is 0 Å². The SMILES string of the molecule is Nc1c(C(=O)N2CCCC(O)C2)sc2cnccc12. The second-order valence-electron chi connectivity index (χ2n) is 4.76. The van der Waals surface area contributed by atoms with E-state index in [-0.39, 0.29) is 5.91 Å². The third-order valence-electron chi connectivity index (χ3n) is 3.41.